The maximum absolute atomic E-state index is 12.9. The predicted octanol–water partition coefficient (Wildman–Crippen LogP) is 18.2. The number of hydrogen-bond acceptors (Lipinski definition) is 8. The molecule has 0 aromatic rings. The number of hydrogen-bond donors (Lipinski definition) is 0. The Morgan fingerprint density at radius 2 is 0.667 bits per heavy atom. The number of carboxylic acid groups (broad SMARTS) is 1. The summed E-state index contributed by atoms with van der Waals surface area (Å²) in [6, 6.07) is 0. The first-order valence-corrected chi connectivity index (χ1v) is 32.0. The van der Waals surface area contributed by atoms with Gasteiger partial charge in [0.2, 0.25) is 0 Å². The maximum Gasteiger partial charge on any atom is 0.306 e. The SMILES string of the molecule is CC/C=C\C/C=C\C/C=C\C/C=C\C/C=C\C/C=C\C/C=C\C/C=C\CCCCCCC(=O)OC(COC(=O)CCCCCCCCCCCCCCCC/C=C\C/C=C\C/C=C\C/C=C\CC)COC(OCC[N+](C)(C)C)C(=O)[O-]. The van der Waals surface area contributed by atoms with Gasteiger partial charge in [-0.25, -0.2) is 0 Å². The number of carbonyl (C=O) groups excluding carboxylic acids is 3. The fourth-order valence-electron chi connectivity index (χ4n) is 8.25. The second-order valence-corrected chi connectivity index (χ2v) is 21.9. The predicted molar refractivity (Wildman–Crippen MR) is 342 cm³/mol. The fraction of sp³-hybridized carbons (Fsp3) is 0.625. The fourth-order valence-corrected chi connectivity index (χ4v) is 8.25. The highest BCUT2D eigenvalue weighted by atomic mass is 16.7. The molecule has 0 aromatic carbocycles. The molecule has 81 heavy (non-hydrogen) atoms. The van der Waals surface area contributed by atoms with Gasteiger partial charge in [-0.15, -0.1) is 0 Å². The Morgan fingerprint density at radius 1 is 0.370 bits per heavy atom. The number of allylic oxidation sites excluding steroid dienone is 24. The van der Waals surface area contributed by atoms with Gasteiger partial charge < -0.3 is 33.3 Å². The number of quaternary nitrogens is 1. The van der Waals surface area contributed by atoms with Crippen molar-refractivity contribution in [3.05, 3.63) is 146 Å². The van der Waals surface area contributed by atoms with Crippen LogP contribution in [0.3, 0.4) is 0 Å². The molecule has 0 saturated heterocycles. The maximum atomic E-state index is 12.9. The van der Waals surface area contributed by atoms with Crippen molar-refractivity contribution in [3.63, 3.8) is 0 Å². The van der Waals surface area contributed by atoms with Gasteiger partial charge >= 0.3 is 11.9 Å². The second-order valence-electron chi connectivity index (χ2n) is 21.9. The summed E-state index contributed by atoms with van der Waals surface area (Å²) in [6.45, 7) is 4.48. The van der Waals surface area contributed by atoms with Gasteiger partial charge in [0.1, 0.15) is 13.2 Å². The monoisotopic (exact) mass is 1120 g/mol. The molecule has 0 spiro atoms. The molecule has 0 rings (SSSR count). The van der Waals surface area contributed by atoms with Crippen molar-refractivity contribution in [2.75, 3.05) is 47.5 Å². The highest BCUT2D eigenvalue weighted by Crippen LogP contribution is 2.15. The Morgan fingerprint density at radius 3 is 0.988 bits per heavy atom. The highest BCUT2D eigenvalue weighted by Gasteiger charge is 2.22. The molecule has 0 aliphatic rings. The lowest BCUT2D eigenvalue weighted by Crippen LogP contribution is -2.44. The average Bonchev–Trinajstić information content (AvgIpc) is 3.44. The van der Waals surface area contributed by atoms with E-state index >= 15 is 0 Å². The molecule has 0 aromatic heterocycles. The molecule has 9 nitrogen and oxygen atoms in total. The van der Waals surface area contributed by atoms with E-state index in [0.717, 1.165) is 122 Å². The summed E-state index contributed by atoms with van der Waals surface area (Å²) in [5.41, 5.74) is 0. The zero-order valence-corrected chi connectivity index (χ0v) is 52.1. The molecule has 2 unspecified atom stereocenters. The molecule has 0 bridgehead atoms. The van der Waals surface area contributed by atoms with Crippen LogP contribution in [0.1, 0.15) is 232 Å². The van der Waals surface area contributed by atoms with Crippen LogP contribution in [-0.2, 0) is 33.3 Å². The van der Waals surface area contributed by atoms with E-state index in [0.29, 0.717) is 17.4 Å². The van der Waals surface area contributed by atoms with Crippen LogP contribution in [0.25, 0.3) is 0 Å². The van der Waals surface area contributed by atoms with Crippen LogP contribution in [0.2, 0.25) is 0 Å². The summed E-state index contributed by atoms with van der Waals surface area (Å²) >= 11 is 0. The molecule has 0 aliphatic heterocycles. The largest absolute Gasteiger partial charge is 0.545 e. The normalized spacial score (nSPS) is 13.7. The van der Waals surface area contributed by atoms with Gasteiger partial charge in [0, 0.05) is 12.8 Å². The van der Waals surface area contributed by atoms with Crippen molar-refractivity contribution in [2.24, 2.45) is 0 Å². The van der Waals surface area contributed by atoms with Crippen molar-refractivity contribution in [1.82, 2.24) is 0 Å². The van der Waals surface area contributed by atoms with Crippen LogP contribution < -0.4 is 5.11 Å². The Balaban J connectivity index is 4.28. The van der Waals surface area contributed by atoms with Crippen molar-refractivity contribution < 1.29 is 42.9 Å². The average molecular weight is 1120 g/mol. The second kappa shape index (κ2) is 61.2. The van der Waals surface area contributed by atoms with E-state index < -0.39 is 24.3 Å². The van der Waals surface area contributed by atoms with E-state index in [-0.39, 0.29) is 38.6 Å². The Bertz CT molecular complexity index is 1840. The van der Waals surface area contributed by atoms with Crippen LogP contribution in [-0.4, -0.2) is 82.3 Å². The van der Waals surface area contributed by atoms with Crippen LogP contribution in [0.5, 0.6) is 0 Å². The van der Waals surface area contributed by atoms with Crippen molar-refractivity contribution >= 4 is 17.9 Å². The number of esters is 2. The number of carboxylic acids is 1. The summed E-state index contributed by atoms with van der Waals surface area (Å²) in [7, 11) is 5.91. The lowest BCUT2D eigenvalue weighted by atomic mass is 10.0. The lowest BCUT2D eigenvalue weighted by Gasteiger charge is -2.26. The number of likely N-dealkylation sites (N-methyl/N-ethyl adjacent to an activating group) is 1. The first-order chi connectivity index (χ1) is 39.6. The minimum atomic E-state index is -1.64. The lowest BCUT2D eigenvalue weighted by molar-refractivity contribution is -0.870. The number of carbonyl (C=O) groups is 3. The van der Waals surface area contributed by atoms with Gasteiger partial charge in [-0.05, 0) is 116 Å². The number of nitrogens with zero attached hydrogens (tertiary/aromatic N) is 1. The van der Waals surface area contributed by atoms with Gasteiger partial charge in [0.05, 0.1) is 40.3 Å². The van der Waals surface area contributed by atoms with E-state index in [1.807, 2.05) is 21.1 Å². The minimum Gasteiger partial charge on any atom is -0.545 e. The third-order valence-electron chi connectivity index (χ3n) is 13.1. The minimum absolute atomic E-state index is 0.134. The molecular weight excluding hydrogens is 1010 g/mol. The smallest absolute Gasteiger partial charge is 0.306 e. The zero-order chi connectivity index (χ0) is 59.1. The van der Waals surface area contributed by atoms with Crippen molar-refractivity contribution in [3.8, 4) is 0 Å². The molecule has 0 aliphatic carbocycles. The number of rotatable bonds is 57. The molecule has 0 fully saturated rings. The van der Waals surface area contributed by atoms with Gasteiger partial charge in [-0.1, -0.05) is 250 Å². The van der Waals surface area contributed by atoms with Crippen LogP contribution in [0.15, 0.2) is 146 Å². The standard InChI is InChI=1S/C72H117NO8/c1-6-8-10-12-14-16-18-20-22-24-26-28-30-32-34-35-37-39-41-43-45-47-49-51-53-55-57-59-61-63-70(75)81-68(67-80-72(71(76)77)78-65-64-73(3,4)5)66-79-69(74)62-60-58-56-54-52-50-48-46-44-42-40-38-36-33-31-29-27-25-23-21-19-17-15-13-11-9-7-2/h8-11,14-17,20-23,26-29,32,34,37,39,43,45,49,51,68,72H,6-7,12-13,18-19,24-25,30-31,33,35-36,38,40-42,44,46-48,50,52-67H2,1-5H3/b10-8-,11-9-,16-14-,17-15-,22-20-,23-21-,28-26-,29-27-,34-32-,39-37-,45-43-,51-49-. The van der Waals surface area contributed by atoms with E-state index in [1.165, 1.54) is 77.0 Å². The molecular formula is C72H117NO8. The van der Waals surface area contributed by atoms with Gasteiger partial charge in [-0.2, -0.15) is 0 Å². The highest BCUT2D eigenvalue weighted by molar-refractivity contribution is 5.70. The number of ether oxygens (including phenoxy) is 4. The molecule has 2 atom stereocenters. The van der Waals surface area contributed by atoms with E-state index in [2.05, 4.69) is 160 Å². The van der Waals surface area contributed by atoms with Crippen LogP contribution in [0, 0.1) is 0 Å². The molecule has 458 valence electrons. The number of unbranched alkanes of at least 4 members (excludes halogenated alkanes) is 18. The van der Waals surface area contributed by atoms with E-state index in [9.17, 15) is 19.5 Å². The third kappa shape index (κ3) is 62.6. The molecule has 0 amide bonds. The summed E-state index contributed by atoms with van der Waals surface area (Å²) in [5, 5.41) is 11.8. The Hall–Kier alpha value is -4.83. The van der Waals surface area contributed by atoms with Gasteiger partial charge in [0.25, 0.3) is 0 Å². The third-order valence-corrected chi connectivity index (χ3v) is 13.1. The molecule has 0 saturated carbocycles. The van der Waals surface area contributed by atoms with Crippen LogP contribution >= 0.6 is 0 Å². The molecule has 0 N–H and O–H groups in total. The molecule has 0 radical (unpaired) electrons. The first kappa shape index (κ1) is 76.2. The Kier molecular flexibility index (Phi) is 57.6. The zero-order valence-electron chi connectivity index (χ0n) is 52.1. The van der Waals surface area contributed by atoms with Gasteiger partial charge in [0.15, 0.2) is 12.4 Å². The first-order valence-electron chi connectivity index (χ1n) is 32.0. The van der Waals surface area contributed by atoms with Crippen molar-refractivity contribution in [2.45, 2.75) is 245 Å². The molecule has 9 heteroatoms. The Labute approximate surface area is 496 Å². The quantitative estimate of drug-likeness (QED) is 0.0195. The van der Waals surface area contributed by atoms with Gasteiger partial charge in [-0.3, -0.25) is 9.59 Å². The summed E-state index contributed by atoms with van der Waals surface area (Å²) in [6.07, 6.45) is 86.2. The molecule has 0 heterocycles. The van der Waals surface area contributed by atoms with E-state index in [4.69, 9.17) is 18.9 Å². The summed E-state index contributed by atoms with van der Waals surface area (Å²) < 4.78 is 22.7. The van der Waals surface area contributed by atoms with Crippen LogP contribution in [0.4, 0.5) is 0 Å². The topological polar surface area (TPSA) is 111 Å². The summed E-state index contributed by atoms with van der Waals surface area (Å²) in [4.78, 5) is 37.4. The summed E-state index contributed by atoms with van der Waals surface area (Å²) in [5.74, 6) is -2.33. The van der Waals surface area contributed by atoms with Crippen molar-refractivity contribution in [1.29, 1.82) is 0 Å². The number of aliphatic carboxylic acids is 1. The van der Waals surface area contributed by atoms with E-state index in [1.54, 1.807) is 0 Å².